The Morgan fingerprint density at radius 1 is 1.45 bits per heavy atom. The fourth-order valence-electron chi connectivity index (χ4n) is 1.77. The summed E-state index contributed by atoms with van der Waals surface area (Å²) in [7, 11) is 0. The van der Waals surface area contributed by atoms with Crippen molar-refractivity contribution in [2.75, 3.05) is 6.54 Å². The number of aliphatic carboxylic acids is 1. The minimum Gasteiger partial charge on any atom is -0.508 e. The van der Waals surface area contributed by atoms with Crippen LogP contribution in [0.5, 0.6) is 5.75 Å². The van der Waals surface area contributed by atoms with Crippen molar-refractivity contribution in [2.45, 2.75) is 6.92 Å². The van der Waals surface area contributed by atoms with E-state index in [0.717, 1.165) is 16.7 Å². The lowest BCUT2D eigenvalue weighted by molar-refractivity contribution is -0.140. The molecular weight excluding hydrogens is 298 g/mol. The Hall–Kier alpha value is -1.86. The number of phenolic OH excluding ortho intramolecular Hbond substituents is 1. The van der Waals surface area contributed by atoms with Crippen molar-refractivity contribution in [1.29, 1.82) is 0 Å². The highest BCUT2D eigenvalue weighted by Gasteiger charge is 2.34. The molecule has 1 aliphatic rings. The molecule has 1 aromatic rings. The van der Waals surface area contributed by atoms with Gasteiger partial charge in [-0.2, -0.15) is 0 Å². The van der Waals surface area contributed by atoms with E-state index in [1.165, 1.54) is 6.07 Å². The van der Waals surface area contributed by atoms with Crippen LogP contribution >= 0.6 is 24.0 Å². The molecule has 1 amide bonds. The second kappa shape index (κ2) is 5.64. The topological polar surface area (TPSA) is 77.8 Å². The molecule has 0 aromatic heterocycles. The lowest BCUT2D eigenvalue weighted by atomic mass is 10.1. The molecule has 1 aliphatic heterocycles. The van der Waals surface area contributed by atoms with E-state index in [4.69, 9.17) is 17.3 Å². The lowest BCUT2D eigenvalue weighted by Crippen LogP contribution is -2.33. The molecule has 104 valence electrons. The maximum absolute atomic E-state index is 12.2. The van der Waals surface area contributed by atoms with Gasteiger partial charge in [0.25, 0.3) is 5.91 Å². The predicted octanol–water partition coefficient (Wildman–Crippen LogP) is 2.07. The average molecular weight is 309 g/mol. The molecule has 0 unspecified atom stereocenters. The summed E-state index contributed by atoms with van der Waals surface area (Å²) in [6.07, 6.45) is 0. The van der Waals surface area contributed by atoms with E-state index in [2.05, 4.69) is 0 Å². The molecule has 20 heavy (non-hydrogen) atoms. The molecule has 1 aromatic carbocycles. The zero-order chi connectivity index (χ0) is 14.9. The Bertz CT molecular complexity index is 639. The fourth-order valence-corrected chi connectivity index (χ4v) is 3.07. The molecule has 0 saturated carbocycles. The second-order valence-corrected chi connectivity index (χ2v) is 5.80. The number of carbonyl (C=O) groups is 2. The Morgan fingerprint density at radius 2 is 2.15 bits per heavy atom. The minimum absolute atomic E-state index is 0.0999. The summed E-state index contributed by atoms with van der Waals surface area (Å²) in [5.41, 5.74) is 1.35. The van der Waals surface area contributed by atoms with E-state index in [-0.39, 0.29) is 10.1 Å². The first kappa shape index (κ1) is 14.5. The largest absolute Gasteiger partial charge is 0.508 e. The van der Waals surface area contributed by atoms with Crippen LogP contribution < -0.4 is 0 Å². The van der Waals surface area contributed by atoms with Gasteiger partial charge in [-0.15, -0.1) is 0 Å². The van der Waals surface area contributed by atoms with Crippen molar-refractivity contribution in [3.63, 3.8) is 0 Å². The SMILES string of the molecule is CC(=C1SC(=S)N(CC(=O)O)C1=O)c1cccc(O)c1. The zero-order valence-electron chi connectivity index (χ0n) is 10.5. The highest BCUT2D eigenvalue weighted by Crippen LogP contribution is 2.36. The maximum Gasteiger partial charge on any atom is 0.323 e. The normalized spacial score (nSPS) is 17.6. The smallest absolute Gasteiger partial charge is 0.323 e. The summed E-state index contributed by atoms with van der Waals surface area (Å²) in [6.45, 7) is 1.30. The molecule has 0 atom stereocenters. The number of hydrogen-bond donors (Lipinski definition) is 2. The first-order valence-electron chi connectivity index (χ1n) is 5.66. The zero-order valence-corrected chi connectivity index (χ0v) is 12.1. The summed E-state index contributed by atoms with van der Waals surface area (Å²) in [5.74, 6) is -1.43. The molecule has 0 bridgehead atoms. The van der Waals surface area contributed by atoms with E-state index in [1.807, 2.05) is 0 Å². The number of benzene rings is 1. The third-order valence-corrected chi connectivity index (χ3v) is 4.31. The molecule has 0 radical (unpaired) electrons. The van der Waals surface area contributed by atoms with Crippen molar-refractivity contribution in [2.24, 2.45) is 0 Å². The number of carboxylic acid groups (broad SMARTS) is 1. The van der Waals surface area contributed by atoms with Crippen molar-refractivity contribution in [3.05, 3.63) is 34.7 Å². The predicted molar refractivity (Wildman–Crippen MR) is 80.2 cm³/mol. The Balaban J connectivity index is 2.38. The van der Waals surface area contributed by atoms with Crippen molar-refractivity contribution in [1.82, 2.24) is 4.90 Å². The number of hydrogen-bond acceptors (Lipinski definition) is 5. The van der Waals surface area contributed by atoms with Gasteiger partial charge in [0, 0.05) is 0 Å². The first-order chi connectivity index (χ1) is 9.40. The van der Waals surface area contributed by atoms with E-state index in [9.17, 15) is 14.7 Å². The third kappa shape index (κ3) is 2.83. The molecule has 1 fully saturated rings. The molecule has 7 heteroatoms. The van der Waals surface area contributed by atoms with Crippen LogP contribution in [-0.2, 0) is 9.59 Å². The van der Waals surface area contributed by atoms with Crippen LogP contribution in [0, 0.1) is 0 Å². The van der Waals surface area contributed by atoms with Gasteiger partial charge in [0.15, 0.2) is 0 Å². The third-order valence-electron chi connectivity index (χ3n) is 2.76. The minimum atomic E-state index is -1.11. The fraction of sp³-hybridized carbons (Fsp3) is 0.154. The Kier molecular flexibility index (Phi) is 4.10. The van der Waals surface area contributed by atoms with Crippen LogP contribution in [0.4, 0.5) is 0 Å². The average Bonchev–Trinajstić information content (AvgIpc) is 2.65. The van der Waals surface area contributed by atoms with Crippen LogP contribution in [0.15, 0.2) is 29.2 Å². The van der Waals surface area contributed by atoms with E-state index in [1.54, 1.807) is 25.1 Å². The van der Waals surface area contributed by atoms with Gasteiger partial charge in [-0.25, -0.2) is 0 Å². The molecule has 5 nitrogen and oxygen atoms in total. The molecular formula is C13H11NO4S2. The number of allylic oxidation sites excluding steroid dienone is 1. The van der Waals surface area contributed by atoms with Crippen molar-refractivity contribution in [3.8, 4) is 5.75 Å². The highest BCUT2D eigenvalue weighted by atomic mass is 32.2. The van der Waals surface area contributed by atoms with Crippen LogP contribution in [0.25, 0.3) is 5.57 Å². The van der Waals surface area contributed by atoms with Crippen LogP contribution in [0.1, 0.15) is 12.5 Å². The Labute approximate surface area is 124 Å². The van der Waals surface area contributed by atoms with E-state index < -0.39 is 18.4 Å². The molecule has 2 N–H and O–H groups in total. The number of carboxylic acids is 1. The van der Waals surface area contributed by atoms with E-state index in [0.29, 0.717) is 16.0 Å². The number of thioether (sulfide) groups is 1. The summed E-state index contributed by atoms with van der Waals surface area (Å²) >= 11 is 6.10. The summed E-state index contributed by atoms with van der Waals surface area (Å²) in [4.78, 5) is 24.4. The number of nitrogens with zero attached hydrogens (tertiary/aromatic N) is 1. The number of phenols is 1. The van der Waals surface area contributed by atoms with Crippen molar-refractivity contribution < 1.29 is 19.8 Å². The summed E-state index contributed by atoms with van der Waals surface area (Å²) < 4.78 is 0.229. The van der Waals surface area contributed by atoms with E-state index >= 15 is 0 Å². The first-order valence-corrected chi connectivity index (χ1v) is 6.88. The maximum atomic E-state index is 12.2. The molecule has 1 saturated heterocycles. The summed E-state index contributed by atoms with van der Waals surface area (Å²) in [6, 6.07) is 6.51. The Morgan fingerprint density at radius 3 is 2.75 bits per heavy atom. The van der Waals surface area contributed by atoms with Crippen LogP contribution in [0.3, 0.4) is 0 Å². The number of rotatable bonds is 3. The molecule has 0 spiro atoms. The van der Waals surface area contributed by atoms with Gasteiger partial charge >= 0.3 is 5.97 Å². The second-order valence-electron chi connectivity index (χ2n) is 4.16. The van der Waals surface area contributed by atoms with Crippen molar-refractivity contribution >= 4 is 45.7 Å². The highest BCUT2D eigenvalue weighted by molar-refractivity contribution is 8.26. The van der Waals surface area contributed by atoms with Gasteiger partial charge in [-0.3, -0.25) is 14.5 Å². The van der Waals surface area contributed by atoms with Gasteiger partial charge < -0.3 is 10.2 Å². The number of amides is 1. The number of aromatic hydroxyl groups is 1. The number of carbonyl (C=O) groups excluding carboxylic acids is 1. The van der Waals surface area contributed by atoms with Gasteiger partial charge in [-0.1, -0.05) is 36.1 Å². The number of thiocarbonyl (C=S) groups is 1. The van der Waals surface area contributed by atoms with Gasteiger partial charge in [0.2, 0.25) is 0 Å². The van der Waals surface area contributed by atoms with Crippen LogP contribution in [0.2, 0.25) is 0 Å². The molecule has 2 rings (SSSR count). The summed E-state index contributed by atoms with van der Waals surface area (Å²) in [5, 5.41) is 18.2. The monoisotopic (exact) mass is 309 g/mol. The standard InChI is InChI=1S/C13H11NO4S2/c1-7(8-3-2-4-9(15)5-8)11-12(18)14(6-10(16)17)13(19)20-11/h2-5,15H,6H2,1H3,(H,16,17). The van der Waals surface area contributed by atoms with Gasteiger partial charge in [0.05, 0.1) is 4.91 Å². The molecule has 1 heterocycles. The molecule has 0 aliphatic carbocycles. The lowest BCUT2D eigenvalue weighted by Gasteiger charge is -2.10. The van der Waals surface area contributed by atoms with Gasteiger partial charge in [-0.05, 0) is 30.2 Å². The van der Waals surface area contributed by atoms with Crippen LogP contribution in [-0.4, -0.2) is 37.9 Å². The van der Waals surface area contributed by atoms with Gasteiger partial charge in [0.1, 0.15) is 16.6 Å². The quantitative estimate of drug-likeness (QED) is 0.657.